The zero-order valence-corrected chi connectivity index (χ0v) is 10.9. The Hall–Kier alpha value is -0.0400. The van der Waals surface area contributed by atoms with Crippen LogP contribution < -0.4 is 0 Å². The van der Waals surface area contributed by atoms with Gasteiger partial charge in [-0.1, -0.05) is 59.3 Å². The Balaban J connectivity index is 3.71. The van der Waals surface area contributed by atoms with E-state index in [9.17, 15) is 5.11 Å². The SMILES string of the molecule is CCCCCCC(CCC)C([O])CCC. The predicted octanol–water partition coefficient (Wildman–Crippen LogP) is 4.97. The molecule has 0 amide bonds. The monoisotopic (exact) mass is 213 g/mol. The molecule has 1 nitrogen and oxygen atoms in total. The molecule has 1 heteroatoms. The first-order chi connectivity index (χ1) is 7.26. The first kappa shape index (κ1) is 15.0. The van der Waals surface area contributed by atoms with Crippen LogP contribution in [0.4, 0.5) is 0 Å². The van der Waals surface area contributed by atoms with E-state index in [-0.39, 0.29) is 6.10 Å². The number of hydrogen-bond acceptors (Lipinski definition) is 0. The van der Waals surface area contributed by atoms with Crippen molar-refractivity contribution < 1.29 is 5.11 Å². The fraction of sp³-hybridized carbons (Fsp3) is 1.00. The minimum Gasteiger partial charge on any atom is -0.233 e. The second-order valence-electron chi connectivity index (χ2n) is 4.73. The van der Waals surface area contributed by atoms with Gasteiger partial charge in [0.15, 0.2) is 0 Å². The molecular formula is C14H29O. The van der Waals surface area contributed by atoms with Crippen molar-refractivity contribution in [1.29, 1.82) is 0 Å². The van der Waals surface area contributed by atoms with Crippen molar-refractivity contribution in [3.63, 3.8) is 0 Å². The van der Waals surface area contributed by atoms with Crippen molar-refractivity contribution in [3.05, 3.63) is 0 Å². The lowest BCUT2D eigenvalue weighted by molar-refractivity contribution is 0.0211. The molecule has 15 heavy (non-hydrogen) atoms. The van der Waals surface area contributed by atoms with Gasteiger partial charge in [-0.15, -0.1) is 0 Å². The van der Waals surface area contributed by atoms with Crippen LogP contribution in [-0.2, 0) is 5.11 Å². The van der Waals surface area contributed by atoms with Gasteiger partial charge in [-0.05, 0) is 25.2 Å². The maximum atomic E-state index is 11.9. The number of unbranched alkanes of at least 4 members (excludes halogenated alkanes) is 3. The largest absolute Gasteiger partial charge is 0.233 e. The summed E-state index contributed by atoms with van der Waals surface area (Å²) < 4.78 is 0. The van der Waals surface area contributed by atoms with Crippen LogP contribution in [0.5, 0.6) is 0 Å². The molecule has 0 aromatic carbocycles. The average molecular weight is 213 g/mol. The maximum Gasteiger partial charge on any atom is 0.0958 e. The first-order valence-electron chi connectivity index (χ1n) is 6.92. The molecule has 0 saturated carbocycles. The maximum absolute atomic E-state index is 11.9. The number of rotatable bonds is 10. The van der Waals surface area contributed by atoms with E-state index < -0.39 is 0 Å². The molecule has 0 aliphatic heterocycles. The second-order valence-corrected chi connectivity index (χ2v) is 4.73. The lowest BCUT2D eigenvalue weighted by atomic mass is 9.89. The standard InChI is InChI=1S/C14H29O/c1-4-7-8-9-12-13(10-5-2)14(15)11-6-3/h13-14H,4-12H2,1-3H3. The molecule has 0 aromatic heterocycles. The summed E-state index contributed by atoms with van der Waals surface area (Å²) >= 11 is 0. The zero-order chi connectivity index (χ0) is 11.5. The summed E-state index contributed by atoms with van der Waals surface area (Å²) in [7, 11) is 0. The third-order valence-electron chi connectivity index (χ3n) is 3.19. The van der Waals surface area contributed by atoms with Crippen LogP contribution in [0.3, 0.4) is 0 Å². The average Bonchev–Trinajstić information content (AvgIpc) is 2.23. The van der Waals surface area contributed by atoms with Gasteiger partial charge in [-0.2, -0.15) is 0 Å². The van der Waals surface area contributed by atoms with Gasteiger partial charge in [0.1, 0.15) is 0 Å². The highest BCUT2D eigenvalue weighted by Crippen LogP contribution is 2.22. The normalized spacial score (nSPS) is 15.2. The summed E-state index contributed by atoms with van der Waals surface area (Å²) in [5.41, 5.74) is 0. The third-order valence-corrected chi connectivity index (χ3v) is 3.19. The second kappa shape index (κ2) is 10.5. The summed E-state index contributed by atoms with van der Waals surface area (Å²) in [5, 5.41) is 11.9. The van der Waals surface area contributed by atoms with Gasteiger partial charge in [-0.25, -0.2) is 5.11 Å². The molecule has 0 aliphatic carbocycles. The summed E-state index contributed by atoms with van der Waals surface area (Å²) in [4.78, 5) is 0. The minimum absolute atomic E-state index is 0.295. The highest BCUT2D eigenvalue weighted by molar-refractivity contribution is 4.68. The molecule has 0 spiro atoms. The molecular weight excluding hydrogens is 184 g/mol. The Morgan fingerprint density at radius 2 is 1.40 bits per heavy atom. The Labute approximate surface area is 96.3 Å². The van der Waals surface area contributed by atoms with Crippen molar-refractivity contribution in [2.24, 2.45) is 5.92 Å². The van der Waals surface area contributed by atoms with E-state index in [2.05, 4.69) is 20.8 Å². The lowest BCUT2D eigenvalue weighted by Gasteiger charge is -2.20. The van der Waals surface area contributed by atoms with E-state index in [0.29, 0.717) is 5.92 Å². The Morgan fingerprint density at radius 1 is 0.733 bits per heavy atom. The van der Waals surface area contributed by atoms with Gasteiger partial charge >= 0.3 is 0 Å². The molecule has 0 saturated heterocycles. The van der Waals surface area contributed by atoms with Crippen LogP contribution >= 0.6 is 0 Å². The van der Waals surface area contributed by atoms with Crippen molar-refractivity contribution >= 4 is 0 Å². The van der Waals surface area contributed by atoms with Gasteiger partial charge < -0.3 is 0 Å². The minimum atomic E-state index is -0.295. The smallest absolute Gasteiger partial charge is 0.0958 e. The molecule has 1 radical (unpaired) electrons. The van der Waals surface area contributed by atoms with Crippen molar-refractivity contribution in [2.75, 3.05) is 0 Å². The summed E-state index contributed by atoms with van der Waals surface area (Å²) in [6, 6.07) is 0. The summed E-state index contributed by atoms with van der Waals surface area (Å²) in [6.07, 6.45) is 10.3. The quantitative estimate of drug-likeness (QED) is 0.456. The molecule has 0 fully saturated rings. The van der Waals surface area contributed by atoms with Gasteiger partial charge in [-0.3, -0.25) is 0 Å². The zero-order valence-electron chi connectivity index (χ0n) is 10.9. The summed E-state index contributed by atoms with van der Waals surface area (Å²) in [6.45, 7) is 6.54. The van der Waals surface area contributed by atoms with E-state index in [0.717, 1.165) is 19.3 Å². The van der Waals surface area contributed by atoms with Crippen LogP contribution in [0, 0.1) is 5.92 Å². The highest BCUT2D eigenvalue weighted by Gasteiger charge is 2.18. The van der Waals surface area contributed by atoms with Gasteiger partial charge in [0.05, 0.1) is 6.10 Å². The fourth-order valence-corrected chi connectivity index (χ4v) is 2.24. The van der Waals surface area contributed by atoms with E-state index in [1.165, 1.54) is 38.5 Å². The molecule has 0 aromatic rings. The molecule has 0 N–H and O–H groups in total. The van der Waals surface area contributed by atoms with Crippen LogP contribution in [-0.4, -0.2) is 6.10 Å². The van der Waals surface area contributed by atoms with E-state index in [1.54, 1.807) is 0 Å². The molecule has 0 rings (SSSR count). The van der Waals surface area contributed by atoms with E-state index in [1.807, 2.05) is 0 Å². The van der Waals surface area contributed by atoms with Crippen molar-refractivity contribution in [2.45, 2.75) is 84.7 Å². The van der Waals surface area contributed by atoms with Crippen molar-refractivity contribution in [1.82, 2.24) is 0 Å². The molecule has 2 atom stereocenters. The van der Waals surface area contributed by atoms with Crippen LogP contribution in [0.2, 0.25) is 0 Å². The molecule has 0 bridgehead atoms. The number of hydrogen-bond donors (Lipinski definition) is 0. The third kappa shape index (κ3) is 7.84. The van der Waals surface area contributed by atoms with Crippen LogP contribution in [0.1, 0.15) is 78.6 Å². The Morgan fingerprint density at radius 3 is 1.93 bits per heavy atom. The first-order valence-corrected chi connectivity index (χ1v) is 6.92. The van der Waals surface area contributed by atoms with Crippen LogP contribution in [0.25, 0.3) is 0 Å². The summed E-state index contributed by atoms with van der Waals surface area (Å²) in [5.74, 6) is 0.451. The van der Waals surface area contributed by atoms with Gasteiger partial charge in [0, 0.05) is 0 Å². The van der Waals surface area contributed by atoms with E-state index in [4.69, 9.17) is 0 Å². The van der Waals surface area contributed by atoms with Gasteiger partial charge in [0.2, 0.25) is 0 Å². The Kier molecular flexibility index (Phi) is 10.4. The highest BCUT2D eigenvalue weighted by atomic mass is 16.3. The van der Waals surface area contributed by atoms with Crippen molar-refractivity contribution in [3.8, 4) is 0 Å². The van der Waals surface area contributed by atoms with E-state index >= 15 is 0 Å². The van der Waals surface area contributed by atoms with Crippen LogP contribution in [0.15, 0.2) is 0 Å². The lowest BCUT2D eigenvalue weighted by Crippen LogP contribution is -2.18. The predicted molar refractivity (Wildman–Crippen MR) is 66.5 cm³/mol. The molecule has 0 aliphatic rings. The molecule has 91 valence electrons. The topological polar surface area (TPSA) is 19.9 Å². The fourth-order valence-electron chi connectivity index (χ4n) is 2.24. The molecule has 0 heterocycles. The molecule has 2 unspecified atom stereocenters. The van der Waals surface area contributed by atoms with Gasteiger partial charge in [0.25, 0.3) is 0 Å². The Bertz CT molecular complexity index is 123.